The van der Waals surface area contributed by atoms with E-state index in [9.17, 15) is 0 Å². The van der Waals surface area contributed by atoms with Crippen molar-refractivity contribution < 1.29 is 8.83 Å². The minimum Gasteiger partial charge on any atom is -0.456 e. The third-order valence-electron chi connectivity index (χ3n) is 21.8. The summed E-state index contributed by atoms with van der Waals surface area (Å²) in [5, 5.41) is 7.04. The molecule has 4 atom stereocenters. The summed E-state index contributed by atoms with van der Waals surface area (Å²) < 4.78 is 18.7. The van der Waals surface area contributed by atoms with Gasteiger partial charge in [-0.25, -0.2) is 29.9 Å². The summed E-state index contributed by atoms with van der Waals surface area (Å²) >= 11 is 3.59. The fourth-order valence-electron chi connectivity index (χ4n) is 17.1. The maximum absolute atomic E-state index is 6.90. The molecule has 0 saturated heterocycles. The highest BCUT2D eigenvalue weighted by molar-refractivity contribution is 7.26. The Morgan fingerprint density at radius 1 is 0.278 bits per heavy atom. The first-order valence-corrected chi connectivity index (χ1v) is 38.1. The summed E-state index contributed by atoms with van der Waals surface area (Å²) in [7, 11) is 0. The normalized spacial score (nSPS) is 15.9. The second-order valence-corrected chi connectivity index (χ2v) is 30.0. The number of furan rings is 2. The first-order valence-electron chi connectivity index (χ1n) is 36.5. The molecular weight excluding hydrogens is 1360 g/mol. The maximum atomic E-state index is 6.90. The highest BCUT2D eigenvalue weighted by atomic mass is 32.1. The van der Waals surface area contributed by atoms with E-state index in [4.69, 9.17) is 38.7 Å². The minimum atomic E-state index is 0.0937. The Morgan fingerprint density at radius 2 is 0.676 bits per heavy atom. The molecule has 0 bridgehead atoms. The van der Waals surface area contributed by atoms with Crippen molar-refractivity contribution >= 4 is 120 Å². The van der Waals surface area contributed by atoms with E-state index in [2.05, 4.69) is 325 Å². The van der Waals surface area contributed by atoms with E-state index in [-0.39, 0.29) is 23.9 Å². The zero-order valence-corrected chi connectivity index (χ0v) is 59.5. The zero-order chi connectivity index (χ0) is 70.9. The van der Waals surface area contributed by atoms with Gasteiger partial charge in [-0.2, -0.15) is 0 Å². The number of anilines is 4. The Hall–Kier alpha value is -13.5. The summed E-state index contributed by atoms with van der Waals surface area (Å²) in [4.78, 5) is 36.1. The Labute approximate surface area is 628 Å². The number of thiophene rings is 2. The van der Waals surface area contributed by atoms with Crippen LogP contribution in [0.4, 0.5) is 22.7 Å². The molecule has 10 nitrogen and oxygen atoms in total. The molecule has 12 heteroatoms. The number of para-hydroxylation sites is 6. The molecule has 2 aliphatic carbocycles. The van der Waals surface area contributed by atoms with Gasteiger partial charge in [0, 0.05) is 119 Å². The largest absolute Gasteiger partial charge is 0.456 e. The van der Waals surface area contributed by atoms with Gasteiger partial charge in [0.25, 0.3) is 0 Å². The van der Waals surface area contributed by atoms with Crippen LogP contribution in [0.3, 0.4) is 0 Å². The number of rotatable bonds is 9. The van der Waals surface area contributed by atoms with E-state index in [0.717, 1.165) is 78.0 Å². The summed E-state index contributed by atoms with van der Waals surface area (Å²) in [6.45, 7) is 0. The molecule has 0 amide bonds. The van der Waals surface area contributed by atoms with Gasteiger partial charge in [-0.05, 0) is 113 Å². The monoisotopic (exact) mass is 1420 g/mol. The van der Waals surface area contributed by atoms with Crippen LogP contribution in [-0.2, 0) is 0 Å². The molecule has 8 heterocycles. The number of fused-ring (bicyclic) bond motifs is 20. The Bertz CT molecular complexity index is 6880. The number of hydrogen-bond donors (Lipinski definition) is 0. The molecular formula is C96H60N8O2S2. The van der Waals surface area contributed by atoms with Crippen molar-refractivity contribution in [3.05, 3.63) is 361 Å². The lowest BCUT2D eigenvalue weighted by atomic mass is 9.82. The predicted octanol–water partition coefficient (Wildman–Crippen LogP) is 25.0. The molecule has 4 unspecified atom stereocenters. The topological polar surface area (TPSA) is 110 Å². The molecule has 0 spiro atoms. The van der Waals surface area contributed by atoms with Gasteiger partial charge in [-0.1, -0.05) is 249 Å². The van der Waals surface area contributed by atoms with Crippen molar-refractivity contribution in [2.24, 2.45) is 0 Å². The van der Waals surface area contributed by atoms with Crippen molar-refractivity contribution in [1.82, 2.24) is 29.9 Å². The molecule has 6 aromatic heterocycles. The molecule has 108 heavy (non-hydrogen) atoms. The summed E-state index contributed by atoms with van der Waals surface area (Å²) in [5.74, 6) is 5.63. The Kier molecular flexibility index (Phi) is 14.4. The number of hydrogen-bond acceptors (Lipinski definition) is 12. The third-order valence-corrected chi connectivity index (χ3v) is 24.1. The van der Waals surface area contributed by atoms with Gasteiger partial charge >= 0.3 is 0 Å². The number of nitrogens with zero attached hydrogens (tertiary/aromatic N) is 8. The van der Waals surface area contributed by atoms with Crippen LogP contribution in [-0.4, -0.2) is 42.0 Å². The van der Waals surface area contributed by atoms with Gasteiger partial charge in [0.05, 0.1) is 23.2 Å². The van der Waals surface area contributed by atoms with Gasteiger partial charge < -0.3 is 18.6 Å². The van der Waals surface area contributed by atoms with Crippen LogP contribution in [0.5, 0.6) is 0 Å². The van der Waals surface area contributed by atoms with Crippen LogP contribution in [0.15, 0.2) is 336 Å². The maximum Gasteiger partial charge on any atom is 0.167 e. The minimum absolute atomic E-state index is 0.0937. The van der Waals surface area contributed by atoms with Crippen LogP contribution in [0.2, 0.25) is 0 Å². The fraction of sp³-hybridized carbons (Fsp3) is 0.0417. The highest BCUT2D eigenvalue weighted by Crippen LogP contribution is 2.57. The van der Waals surface area contributed by atoms with Gasteiger partial charge in [-0.3, -0.25) is 0 Å². The first kappa shape index (κ1) is 61.9. The Morgan fingerprint density at radius 3 is 1.28 bits per heavy atom. The molecule has 0 radical (unpaired) electrons. The molecule has 2 aliphatic heterocycles. The predicted molar refractivity (Wildman–Crippen MR) is 442 cm³/mol. The van der Waals surface area contributed by atoms with Crippen molar-refractivity contribution in [1.29, 1.82) is 0 Å². The second kappa shape index (κ2) is 25.1. The van der Waals surface area contributed by atoms with E-state index in [0.29, 0.717) is 34.9 Å². The van der Waals surface area contributed by atoms with Crippen molar-refractivity contribution in [3.63, 3.8) is 0 Å². The van der Waals surface area contributed by atoms with E-state index in [1.54, 1.807) is 22.7 Å². The smallest absolute Gasteiger partial charge is 0.167 e. The molecule has 23 rings (SSSR count). The fourth-order valence-corrected chi connectivity index (χ4v) is 19.4. The quantitative estimate of drug-likeness (QED) is 0.139. The molecule has 0 N–H and O–H groups in total. The van der Waals surface area contributed by atoms with Gasteiger partial charge in [0.15, 0.2) is 34.9 Å². The lowest BCUT2D eigenvalue weighted by molar-refractivity contribution is 0.584. The summed E-state index contributed by atoms with van der Waals surface area (Å²) in [6, 6.07) is 111. The van der Waals surface area contributed by atoms with E-state index in [1.165, 1.54) is 85.3 Å². The molecule has 4 aliphatic rings. The average Bonchev–Trinajstić information content (AvgIpc) is 1.59. The molecule has 13 aromatic carbocycles. The van der Waals surface area contributed by atoms with Gasteiger partial charge in [0.2, 0.25) is 0 Å². The van der Waals surface area contributed by atoms with Crippen LogP contribution in [0.1, 0.15) is 45.6 Å². The van der Waals surface area contributed by atoms with Crippen LogP contribution in [0.25, 0.3) is 154 Å². The SMILES string of the molecule is C1=CC2C(c3ccccc3N2c2ccccc2)c2c1oc1c(-c3nc(-c4cccc(-c5ccccc5)c4)nc(-c4ccc5c(c4)sc4ccccc45)n3)cccc21.C1=CC2C(c3ccccc3N2c2ccccc2)c2c1oc1c(-c3nc(-c4ccccc4)nc(-c4cccc5sc6ccccc6c45)n3)cccc21. The van der Waals surface area contributed by atoms with Gasteiger partial charge in [-0.15, -0.1) is 22.7 Å². The van der Waals surface area contributed by atoms with Crippen molar-refractivity contribution in [2.45, 2.75) is 23.9 Å². The van der Waals surface area contributed by atoms with E-state index in [1.807, 2.05) is 24.3 Å². The van der Waals surface area contributed by atoms with Gasteiger partial charge in [0.1, 0.15) is 22.7 Å². The molecule has 508 valence electrons. The molecule has 0 saturated carbocycles. The van der Waals surface area contributed by atoms with Crippen LogP contribution >= 0.6 is 22.7 Å². The van der Waals surface area contributed by atoms with Crippen LogP contribution < -0.4 is 9.80 Å². The standard InChI is InChI=1S/C51H32N4OS.C45H28N4OS/c1-3-13-31(14-4-1)32-15-11-16-33(29-32)49-52-50(34-25-26-37-36-19-8-10-24-44(36)57-45(37)30-34)54-51(53-49)40-22-12-21-39-47-43(56-48(39)40)28-27-42-46(47)38-20-7-9-23-41(38)55(42)35-17-5-2-6-18-35;1-3-13-27(14-4-1)43-46-44(32-20-12-24-38-39(32)30-18-8-10-23-37(30)51-38)48-45(47-43)33-21-11-19-31-41-36(50-42(31)33)26-25-35-40(41)29-17-7-9-22-34(29)49(35)28-15-5-2-6-16-28/h1-30,42,46H;1-26,35,40H. The third kappa shape index (κ3) is 10.1. The van der Waals surface area contributed by atoms with E-state index >= 15 is 0 Å². The summed E-state index contributed by atoms with van der Waals surface area (Å²) in [5.41, 5.74) is 19.1. The van der Waals surface area contributed by atoms with Crippen molar-refractivity contribution in [3.8, 4) is 79.5 Å². The molecule has 0 fully saturated rings. The van der Waals surface area contributed by atoms with Crippen molar-refractivity contribution in [2.75, 3.05) is 9.80 Å². The lowest BCUT2D eigenvalue weighted by Gasteiger charge is -2.30. The van der Waals surface area contributed by atoms with Crippen LogP contribution in [0, 0.1) is 0 Å². The molecule has 19 aromatic rings. The average molecular weight is 1420 g/mol. The Balaban J connectivity index is 0.000000135. The number of aromatic nitrogens is 6. The summed E-state index contributed by atoms with van der Waals surface area (Å²) in [6.07, 6.45) is 8.90. The lowest BCUT2D eigenvalue weighted by Crippen LogP contribution is -2.30. The zero-order valence-electron chi connectivity index (χ0n) is 57.9. The number of benzene rings is 13. The first-order chi connectivity index (χ1) is 53.5. The van der Waals surface area contributed by atoms with E-state index < -0.39 is 0 Å². The second-order valence-electron chi connectivity index (χ2n) is 27.8. The highest BCUT2D eigenvalue weighted by Gasteiger charge is 2.45.